The predicted octanol–water partition coefficient (Wildman–Crippen LogP) is 10.9. The van der Waals surface area contributed by atoms with Crippen molar-refractivity contribution in [3.8, 4) is 11.1 Å². The minimum Gasteiger partial charge on any atom is -0.460 e. The van der Waals surface area contributed by atoms with Crippen LogP contribution in [0.1, 0.15) is 66.1 Å². The summed E-state index contributed by atoms with van der Waals surface area (Å²) in [6.07, 6.45) is 7.77. The number of rotatable bonds is 3. The molecule has 0 spiro atoms. The molecule has 5 heteroatoms. The molecule has 49 heavy (non-hydrogen) atoms. The number of nitrogens with zero attached hydrogens (tertiary/aromatic N) is 2. The van der Waals surface area contributed by atoms with Crippen LogP contribution in [0.15, 0.2) is 117 Å². The van der Waals surface area contributed by atoms with Crippen molar-refractivity contribution in [2.45, 2.75) is 47.0 Å². The van der Waals surface area contributed by atoms with Crippen LogP contribution in [0.4, 0.5) is 0 Å². The van der Waals surface area contributed by atoms with Crippen LogP contribution in [0.25, 0.3) is 61.3 Å². The summed E-state index contributed by atoms with van der Waals surface area (Å²) in [5.74, 6) is 1.11. The van der Waals surface area contributed by atoms with Gasteiger partial charge in [-0.25, -0.2) is 0 Å². The average molecular weight is 635 g/mol. The molecule has 0 saturated carbocycles. The minimum absolute atomic E-state index is 0.919. The molecular formula is C44H35BN2O2+. The maximum atomic E-state index is 6.35. The van der Waals surface area contributed by atoms with Gasteiger partial charge in [-0.2, -0.15) is 0 Å². The van der Waals surface area contributed by atoms with Crippen LogP contribution in [0.3, 0.4) is 0 Å². The Kier molecular flexibility index (Phi) is 6.09. The van der Waals surface area contributed by atoms with Crippen LogP contribution in [0, 0.1) is 13.8 Å². The first-order chi connectivity index (χ1) is 24.0. The number of aryl methyl sites for hydroxylation is 1. The van der Waals surface area contributed by atoms with Gasteiger partial charge in [0, 0.05) is 51.9 Å². The van der Waals surface area contributed by atoms with Crippen molar-refractivity contribution < 1.29 is 13.3 Å². The fourth-order valence-corrected chi connectivity index (χ4v) is 8.73. The molecule has 0 atom stereocenters. The van der Waals surface area contributed by atoms with Crippen LogP contribution in [0.2, 0.25) is 0 Å². The Labute approximate surface area is 286 Å². The van der Waals surface area contributed by atoms with Crippen molar-refractivity contribution >= 4 is 63.4 Å². The largest absolute Gasteiger partial charge is 0.700 e. The summed E-state index contributed by atoms with van der Waals surface area (Å²) in [6, 6.07) is 32.6. The first kappa shape index (κ1) is 28.5. The van der Waals surface area contributed by atoms with Crippen molar-refractivity contribution in [3.05, 3.63) is 148 Å². The molecule has 4 aromatic carbocycles. The first-order valence-corrected chi connectivity index (χ1v) is 17.3. The summed E-state index contributed by atoms with van der Waals surface area (Å²) in [6.45, 7) is 9.10. The zero-order valence-electron chi connectivity index (χ0n) is 28.2. The van der Waals surface area contributed by atoms with E-state index in [0.29, 0.717) is 0 Å². The lowest BCUT2D eigenvalue weighted by atomic mass is 9.88. The summed E-state index contributed by atoms with van der Waals surface area (Å²) in [7, 11) is 2.31. The van der Waals surface area contributed by atoms with E-state index in [1.54, 1.807) is 0 Å². The van der Waals surface area contributed by atoms with Gasteiger partial charge in [0.15, 0.2) is 11.4 Å². The minimum atomic E-state index is 0.919. The maximum Gasteiger partial charge on any atom is 0.700 e. The highest BCUT2D eigenvalue weighted by Gasteiger charge is 2.44. The zero-order chi connectivity index (χ0) is 33.0. The van der Waals surface area contributed by atoms with E-state index >= 15 is 0 Å². The average Bonchev–Trinajstić information content (AvgIpc) is 3.75. The number of allylic oxidation sites excluding steroid dienone is 3. The van der Waals surface area contributed by atoms with E-state index in [0.717, 1.165) is 52.5 Å². The molecule has 3 aromatic heterocycles. The van der Waals surface area contributed by atoms with Crippen molar-refractivity contribution in [3.63, 3.8) is 0 Å². The van der Waals surface area contributed by atoms with Gasteiger partial charge in [0.1, 0.15) is 22.5 Å². The second-order valence-corrected chi connectivity index (χ2v) is 13.7. The van der Waals surface area contributed by atoms with Gasteiger partial charge in [-0.05, 0) is 86.2 Å². The summed E-state index contributed by atoms with van der Waals surface area (Å²) in [4.78, 5) is 0. The topological polar surface area (TPSA) is 34.2 Å². The molecule has 3 aliphatic rings. The second-order valence-electron chi connectivity index (χ2n) is 13.7. The van der Waals surface area contributed by atoms with Gasteiger partial charge in [0.25, 0.3) is 0 Å². The van der Waals surface area contributed by atoms with Crippen molar-refractivity contribution in [2.75, 3.05) is 0 Å². The summed E-state index contributed by atoms with van der Waals surface area (Å²) in [5, 5.41) is 3.50. The number of furan rings is 2. The number of benzene rings is 4. The van der Waals surface area contributed by atoms with Gasteiger partial charge in [-0.3, -0.25) is 4.49 Å². The van der Waals surface area contributed by atoms with Gasteiger partial charge in [-0.15, -0.1) is 0 Å². The third-order valence-corrected chi connectivity index (χ3v) is 11.0. The highest BCUT2D eigenvalue weighted by molar-refractivity contribution is 6.35. The van der Waals surface area contributed by atoms with E-state index in [2.05, 4.69) is 135 Å². The Morgan fingerprint density at radius 1 is 0.694 bits per heavy atom. The van der Waals surface area contributed by atoms with E-state index in [9.17, 15) is 0 Å². The SMILES string of the molecule is CC1=C(c2ccc3oc4c(c3c2)C=CCCC4)C(C)=[N+]2[B]n3c(C)c(-c4ccc5oc6ccccc6c5c4)c(C)c3C(c3ccccc3)=C12. The lowest BCUT2D eigenvalue weighted by Crippen LogP contribution is -2.32. The predicted molar refractivity (Wildman–Crippen MR) is 202 cm³/mol. The van der Waals surface area contributed by atoms with Crippen molar-refractivity contribution in [1.29, 1.82) is 0 Å². The standard InChI is InChI=1S/C44H35BN2O2/c1-25-40(30-19-21-38-34(23-30)32-15-9-6-10-17-36(32)48-38)27(3)46-43(25)42(29-13-7-5-8-14-29)44-26(2)41(28(4)47(44)45-46)31-20-22-39-35(24-31)33-16-11-12-18-37(33)49-39/h5,7-9,11-16,18-24H,6,10,17H2,1-4H3/q+1. The molecule has 4 nitrogen and oxygen atoms in total. The fourth-order valence-electron chi connectivity index (χ4n) is 8.73. The van der Waals surface area contributed by atoms with Crippen LogP contribution in [0.5, 0.6) is 0 Å². The molecule has 5 heterocycles. The van der Waals surface area contributed by atoms with E-state index in [1.807, 2.05) is 12.1 Å². The molecule has 0 amide bonds. The molecule has 10 rings (SSSR count). The molecule has 1 radical (unpaired) electrons. The summed E-state index contributed by atoms with van der Waals surface area (Å²) < 4.78 is 17.4. The Morgan fingerprint density at radius 2 is 1.43 bits per heavy atom. The van der Waals surface area contributed by atoms with Crippen LogP contribution < -0.4 is 0 Å². The molecule has 7 aromatic rings. The quantitative estimate of drug-likeness (QED) is 0.181. The number of fused-ring (bicyclic) bond motifs is 8. The molecular weight excluding hydrogens is 599 g/mol. The van der Waals surface area contributed by atoms with Gasteiger partial charge in [0.05, 0.1) is 16.8 Å². The first-order valence-electron chi connectivity index (χ1n) is 17.3. The number of hydrogen-bond acceptors (Lipinski definition) is 2. The van der Waals surface area contributed by atoms with E-state index in [-0.39, 0.29) is 0 Å². The van der Waals surface area contributed by atoms with Crippen LogP contribution >= 0.6 is 0 Å². The number of hydrogen-bond donors (Lipinski definition) is 0. The number of aromatic nitrogens is 1. The summed E-state index contributed by atoms with van der Waals surface area (Å²) >= 11 is 0. The Balaban J connectivity index is 1.20. The van der Waals surface area contributed by atoms with Crippen molar-refractivity contribution in [2.24, 2.45) is 0 Å². The lowest BCUT2D eigenvalue weighted by molar-refractivity contribution is -0.315. The maximum absolute atomic E-state index is 6.35. The van der Waals surface area contributed by atoms with Crippen molar-refractivity contribution in [1.82, 2.24) is 4.48 Å². The lowest BCUT2D eigenvalue weighted by Gasteiger charge is -2.20. The smallest absolute Gasteiger partial charge is 0.460 e. The molecule has 0 fully saturated rings. The molecule has 0 N–H and O–H groups in total. The third kappa shape index (κ3) is 4.02. The second kappa shape index (κ2) is 10.5. The molecule has 235 valence electrons. The highest BCUT2D eigenvalue weighted by atomic mass is 16.3. The molecule has 0 bridgehead atoms. The van der Waals surface area contributed by atoms with Crippen LogP contribution in [-0.4, -0.2) is 22.2 Å². The van der Waals surface area contributed by atoms with Crippen LogP contribution in [-0.2, 0) is 6.42 Å². The number of para-hydroxylation sites is 1. The van der Waals surface area contributed by atoms with Gasteiger partial charge in [0.2, 0.25) is 0 Å². The van der Waals surface area contributed by atoms with E-state index in [4.69, 9.17) is 8.83 Å². The third-order valence-electron chi connectivity index (χ3n) is 11.0. The Bertz CT molecular complexity index is 2690. The molecule has 0 unspecified atom stereocenters. The monoisotopic (exact) mass is 634 g/mol. The van der Waals surface area contributed by atoms with Gasteiger partial charge >= 0.3 is 7.55 Å². The Hall–Kier alpha value is -5.55. The Morgan fingerprint density at radius 3 is 2.29 bits per heavy atom. The highest BCUT2D eigenvalue weighted by Crippen LogP contribution is 2.46. The zero-order valence-corrected chi connectivity index (χ0v) is 28.2. The van der Waals surface area contributed by atoms with Gasteiger partial charge in [-0.1, -0.05) is 72.8 Å². The fraction of sp³-hybridized carbons (Fsp3) is 0.159. The summed E-state index contributed by atoms with van der Waals surface area (Å²) in [5.41, 5.74) is 19.0. The molecule has 0 saturated heterocycles. The molecule has 1 aliphatic carbocycles. The van der Waals surface area contributed by atoms with E-state index < -0.39 is 0 Å². The van der Waals surface area contributed by atoms with E-state index in [1.165, 1.54) is 78.3 Å². The van der Waals surface area contributed by atoms with Gasteiger partial charge < -0.3 is 13.3 Å². The normalized spacial score (nSPS) is 15.8. The molecule has 2 aliphatic heterocycles.